The lowest BCUT2D eigenvalue weighted by Crippen LogP contribution is -2.05. The molecular weight excluding hydrogens is 219 g/mol. The SMILES string of the molecule is O=c1cc[nH]c2nc(CCCl)c(F)cc12. The lowest BCUT2D eigenvalue weighted by molar-refractivity contribution is 0.605. The van der Waals surface area contributed by atoms with Gasteiger partial charge in [0.05, 0.1) is 11.1 Å². The van der Waals surface area contributed by atoms with Gasteiger partial charge in [0.15, 0.2) is 5.43 Å². The minimum atomic E-state index is -0.486. The number of halogens is 2. The van der Waals surface area contributed by atoms with E-state index in [0.717, 1.165) is 0 Å². The van der Waals surface area contributed by atoms with Crippen LogP contribution in [0.5, 0.6) is 0 Å². The fourth-order valence-electron chi connectivity index (χ4n) is 1.38. The molecule has 0 aromatic carbocycles. The number of rotatable bonds is 2. The standard InChI is InChI=1S/C10H8ClFN2O/c11-3-1-8-7(12)5-6-9(15)2-4-13-10(6)14-8/h2,4-5H,1,3H2,(H,13,14,15). The van der Waals surface area contributed by atoms with Gasteiger partial charge in [-0.1, -0.05) is 0 Å². The zero-order valence-electron chi connectivity index (χ0n) is 7.76. The first kappa shape index (κ1) is 10.1. The van der Waals surface area contributed by atoms with Gasteiger partial charge in [0.25, 0.3) is 0 Å². The molecule has 0 spiro atoms. The van der Waals surface area contributed by atoms with Gasteiger partial charge in [-0.25, -0.2) is 9.37 Å². The Morgan fingerprint density at radius 3 is 3.07 bits per heavy atom. The molecule has 0 bridgehead atoms. The van der Waals surface area contributed by atoms with E-state index in [4.69, 9.17) is 11.6 Å². The van der Waals surface area contributed by atoms with Crippen LogP contribution in [0.2, 0.25) is 0 Å². The number of fused-ring (bicyclic) bond motifs is 1. The lowest BCUT2D eigenvalue weighted by Gasteiger charge is -2.02. The average Bonchev–Trinajstić information content (AvgIpc) is 2.21. The number of pyridine rings is 2. The van der Waals surface area contributed by atoms with Crippen LogP contribution in [0, 0.1) is 5.82 Å². The largest absolute Gasteiger partial charge is 0.346 e. The third-order valence-electron chi connectivity index (χ3n) is 2.10. The first-order valence-corrected chi connectivity index (χ1v) is 4.98. The molecule has 3 nitrogen and oxygen atoms in total. The van der Waals surface area contributed by atoms with Crippen LogP contribution in [0.15, 0.2) is 23.1 Å². The van der Waals surface area contributed by atoms with Gasteiger partial charge in [-0.15, -0.1) is 11.6 Å². The van der Waals surface area contributed by atoms with E-state index in [1.165, 1.54) is 18.3 Å². The zero-order chi connectivity index (χ0) is 10.8. The summed E-state index contributed by atoms with van der Waals surface area (Å²) in [6.07, 6.45) is 1.83. The topological polar surface area (TPSA) is 45.8 Å². The van der Waals surface area contributed by atoms with Crippen LogP contribution in [0.1, 0.15) is 5.69 Å². The molecule has 0 aliphatic heterocycles. The van der Waals surface area contributed by atoms with Crippen LogP contribution in [-0.4, -0.2) is 15.8 Å². The highest BCUT2D eigenvalue weighted by Gasteiger charge is 2.07. The Morgan fingerprint density at radius 1 is 1.53 bits per heavy atom. The minimum absolute atomic E-state index is 0.243. The van der Waals surface area contributed by atoms with E-state index in [0.29, 0.717) is 17.9 Å². The molecule has 78 valence electrons. The molecule has 0 aliphatic rings. The number of alkyl halides is 1. The summed E-state index contributed by atoms with van der Waals surface area (Å²) in [5, 5.41) is 0.258. The van der Waals surface area contributed by atoms with E-state index >= 15 is 0 Å². The van der Waals surface area contributed by atoms with Crippen molar-refractivity contribution >= 4 is 22.6 Å². The van der Waals surface area contributed by atoms with Crippen molar-refractivity contribution in [2.24, 2.45) is 0 Å². The second-order valence-corrected chi connectivity index (χ2v) is 3.47. The molecule has 1 N–H and O–H groups in total. The highest BCUT2D eigenvalue weighted by Crippen LogP contribution is 2.11. The number of nitrogens with one attached hydrogen (secondary N) is 1. The summed E-state index contributed by atoms with van der Waals surface area (Å²) >= 11 is 5.51. The van der Waals surface area contributed by atoms with Gasteiger partial charge in [-0.2, -0.15) is 0 Å². The average molecular weight is 227 g/mol. The summed E-state index contributed by atoms with van der Waals surface area (Å²) in [5.41, 5.74) is 0.427. The summed E-state index contributed by atoms with van der Waals surface area (Å²) < 4.78 is 13.4. The van der Waals surface area contributed by atoms with Gasteiger partial charge < -0.3 is 4.98 Å². The van der Waals surface area contributed by atoms with Crippen molar-refractivity contribution in [1.82, 2.24) is 9.97 Å². The Morgan fingerprint density at radius 2 is 2.33 bits per heavy atom. The first-order chi connectivity index (χ1) is 7.22. The van der Waals surface area contributed by atoms with Crippen molar-refractivity contribution in [2.45, 2.75) is 6.42 Å². The maximum absolute atomic E-state index is 13.4. The molecule has 2 rings (SSSR count). The minimum Gasteiger partial charge on any atom is -0.346 e. The maximum Gasteiger partial charge on any atom is 0.191 e. The Bertz CT molecular complexity index is 553. The molecule has 0 saturated carbocycles. The van der Waals surface area contributed by atoms with Gasteiger partial charge in [-0.05, 0) is 6.07 Å². The zero-order valence-corrected chi connectivity index (χ0v) is 8.51. The Labute approximate surface area is 89.9 Å². The molecule has 0 unspecified atom stereocenters. The van der Waals surface area contributed by atoms with E-state index in [-0.39, 0.29) is 16.5 Å². The van der Waals surface area contributed by atoms with Crippen molar-refractivity contribution in [2.75, 3.05) is 5.88 Å². The molecule has 0 radical (unpaired) electrons. The van der Waals surface area contributed by atoms with Crippen LogP contribution in [-0.2, 0) is 6.42 Å². The van der Waals surface area contributed by atoms with E-state index < -0.39 is 5.82 Å². The number of aryl methyl sites for hydroxylation is 1. The normalized spacial score (nSPS) is 10.8. The molecule has 5 heteroatoms. The summed E-state index contributed by atoms with van der Waals surface area (Å²) in [4.78, 5) is 18.2. The Balaban J connectivity index is 2.71. The molecule has 0 fully saturated rings. The highest BCUT2D eigenvalue weighted by molar-refractivity contribution is 6.17. The molecular formula is C10H8ClFN2O. The fraction of sp³-hybridized carbons (Fsp3) is 0.200. The maximum atomic E-state index is 13.4. The van der Waals surface area contributed by atoms with Crippen molar-refractivity contribution in [3.8, 4) is 0 Å². The smallest absolute Gasteiger partial charge is 0.191 e. The van der Waals surface area contributed by atoms with Crippen molar-refractivity contribution < 1.29 is 4.39 Å². The van der Waals surface area contributed by atoms with E-state index in [2.05, 4.69) is 9.97 Å². The summed E-state index contributed by atoms with van der Waals surface area (Å²) in [6, 6.07) is 2.54. The third-order valence-corrected chi connectivity index (χ3v) is 2.29. The van der Waals surface area contributed by atoms with Gasteiger partial charge in [0.2, 0.25) is 0 Å². The first-order valence-electron chi connectivity index (χ1n) is 4.45. The summed E-state index contributed by atoms with van der Waals surface area (Å²) in [7, 11) is 0. The summed E-state index contributed by atoms with van der Waals surface area (Å²) in [5.74, 6) is -0.188. The van der Waals surface area contributed by atoms with Crippen molar-refractivity contribution in [1.29, 1.82) is 0 Å². The van der Waals surface area contributed by atoms with Gasteiger partial charge in [-0.3, -0.25) is 4.79 Å². The van der Waals surface area contributed by atoms with Gasteiger partial charge in [0.1, 0.15) is 11.5 Å². The number of hydrogen-bond donors (Lipinski definition) is 1. The molecule has 2 aromatic rings. The lowest BCUT2D eigenvalue weighted by atomic mass is 10.2. The van der Waals surface area contributed by atoms with E-state index in [9.17, 15) is 9.18 Å². The second kappa shape index (κ2) is 3.98. The quantitative estimate of drug-likeness (QED) is 0.795. The van der Waals surface area contributed by atoms with Crippen LogP contribution in [0.3, 0.4) is 0 Å². The molecule has 15 heavy (non-hydrogen) atoms. The van der Waals surface area contributed by atoms with Crippen molar-refractivity contribution in [3.63, 3.8) is 0 Å². The molecule has 0 amide bonds. The molecule has 2 aromatic heterocycles. The van der Waals surface area contributed by atoms with Crippen molar-refractivity contribution in [3.05, 3.63) is 40.1 Å². The Hall–Kier alpha value is -1.42. The third kappa shape index (κ3) is 1.85. The van der Waals surface area contributed by atoms with Crippen LogP contribution >= 0.6 is 11.6 Å². The molecule has 0 saturated heterocycles. The number of H-pyrrole nitrogens is 1. The van der Waals surface area contributed by atoms with E-state index in [1.54, 1.807) is 0 Å². The number of nitrogens with zero attached hydrogens (tertiary/aromatic N) is 1. The predicted octanol–water partition coefficient (Wildman–Crippen LogP) is 1.84. The summed E-state index contributed by atoms with van der Waals surface area (Å²) in [6.45, 7) is 0. The number of aromatic nitrogens is 2. The van der Waals surface area contributed by atoms with Gasteiger partial charge >= 0.3 is 0 Å². The van der Waals surface area contributed by atoms with Crippen LogP contribution in [0.4, 0.5) is 4.39 Å². The van der Waals surface area contributed by atoms with Gasteiger partial charge in [0, 0.05) is 24.6 Å². The number of aromatic amines is 1. The molecule has 2 heterocycles. The van der Waals surface area contributed by atoms with E-state index in [1.807, 2.05) is 0 Å². The molecule has 0 aliphatic carbocycles. The van der Waals surface area contributed by atoms with Crippen LogP contribution < -0.4 is 5.43 Å². The second-order valence-electron chi connectivity index (χ2n) is 3.09. The number of hydrogen-bond acceptors (Lipinski definition) is 2. The highest BCUT2D eigenvalue weighted by atomic mass is 35.5. The Kier molecular flexibility index (Phi) is 2.68. The predicted molar refractivity (Wildman–Crippen MR) is 56.7 cm³/mol. The fourth-order valence-corrected chi connectivity index (χ4v) is 1.55. The monoisotopic (exact) mass is 226 g/mol. The van der Waals surface area contributed by atoms with Crippen LogP contribution in [0.25, 0.3) is 11.0 Å². The molecule has 0 atom stereocenters.